The second kappa shape index (κ2) is 4.67. The molecule has 2 atom stereocenters. The SMILES string of the molecule is Cc1ccn(C(c2ccc(F)cc2)C(C)N)n1. The molecule has 2 N–H and O–H groups in total. The van der Waals surface area contributed by atoms with Gasteiger partial charge in [0, 0.05) is 12.2 Å². The minimum atomic E-state index is -0.242. The molecule has 0 fully saturated rings. The molecule has 17 heavy (non-hydrogen) atoms. The summed E-state index contributed by atoms with van der Waals surface area (Å²) in [6, 6.07) is 8.16. The molecule has 0 bridgehead atoms. The van der Waals surface area contributed by atoms with Gasteiger partial charge in [-0.2, -0.15) is 5.10 Å². The molecule has 0 saturated heterocycles. The summed E-state index contributed by atoms with van der Waals surface area (Å²) in [5.41, 5.74) is 7.90. The lowest BCUT2D eigenvalue weighted by atomic mass is 10.0. The van der Waals surface area contributed by atoms with Gasteiger partial charge in [0.05, 0.1) is 11.7 Å². The van der Waals surface area contributed by atoms with Gasteiger partial charge >= 0.3 is 0 Å². The van der Waals surface area contributed by atoms with E-state index in [1.807, 2.05) is 30.8 Å². The largest absolute Gasteiger partial charge is 0.326 e. The monoisotopic (exact) mass is 233 g/mol. The van der Waals surface area contributed by atoms with Crippen molar-refractivity contribution in [3.63, 3.8) is 0 Å². The summed E-state index contributed by atoms with van der Waals surface area (Å²) in [6.07, 6.45) is 1.90. The van der Waals surface area contributed by atoms with E-state index in [1.165, 1.54) is 12.1 Å². The fourth-order valence-corrected chi connectivity index (χ4v) is 1.95. The molecule has 90 valence electrons. The van der Waals surface area contributed by atoms with Gasteiger partial charge in [0.2, 0.25) is 0 Å². The number of rotatable bonds is 3. The van der Waals surface area contributed by atoms with Crippen molar-refractivity contribution in [2.24, 2.45) is 5.73 Å². The van der Waals surface area contributed by atoms with Crippen LogP contribution in [-0.4, -0.2) is 15.8 Å². The second-order valence-electron chi connectivity index (χ2n) is 4.29. The van der Waals surface area contributed by atoms with E-state index in [4.69, 9.17) is 5.73 Å². The van der Waals surface area contributed by atoms with E-state index in [1.54, 1.807) is 12.1 Å². The first kappa shape index (κ1) is 11.8. The van der Waals surface area contributed by atoms with Gasteiger partial charge in [-0.15, -0.1) is 0 Å². The Morgan fingerprint density at radius 2 is 1.88 bits per heavy atom. The molecule has 4 heteroatoms. The van der Waals surface area contributed by atoms with Crippen LogP contribution >= 0.6 is 0 Å². The van der Waals surface area contributed by atoms with Crippen molar-refractivity contribution < 1.29 is 4.39 Å². The van der Waals surface area contributed by atoms with Gasteiger partial charge in [0.25, 0.3) is 0 Å². The Morgan fingerprint density at radius 1 is 1.24 bits per heavy atom. The van der Waals surface area contributed by atoms with Gasteiger partial charge in [-0.1, -0.05) is 12.1 Å². The Kier molecular flexibility index (Phi) is 3.24. The minimum absolute atomic E-state index is 0.0655. The maximum absolute atomic E-state index is 12.9. The van der Waals surface area contributed by atoms with Crippen LogP contribution in [0.3, 0.4) is 0 Å². The number of hydrogen-bond acceptors (Lipinski definition) is 2. The number of nitrogens with zero attached hydrogens (tertiary/aromatic N) is 2. The molecule has 1 aromatic carbocycles. The van der Waals surface area contributed by atoms with E-state index in [0.29, 0.717) is 0 Å². The summed E-state index contributed by atoms with van der Waals surface area (Å²) in [5, 5.41) is 4.37. The summed E-state index contributed by atoms with van der Waals surface area (Å²) in [4.78, 5) is 0. The maximum atomic E-state index is 12.9. The van der Waals surface area contributed by atoms with E-state index in [0.717, 1.165) is 11.3 Å². The number of aromatic nitrogens is 2. The van der Waals surface area contributed by atoms with Crippen LogP contribution in [0.25, 0.3) is 0 Å². The Bertz CT molecular complexity index is 488. The fraction of sp³-hybridized carbons (Fsp3) is 0.308. The van der Waals surface area contributed by atoms with Crippen LogP contribution in [0.1, 0.15) is 24.2 Å². The topological polar surface area (TPSA) is 43.8 Å². The highest BCUT2D eigenvalue weighted by molar-refractivity contribution is 5.22. The maximum Gasteiger partial charge on any atom is 0.123 e. The van der Waals surface area contributed by atoms with Crippen LogP contribution in [0.4, 0.5) is 4.39 Å². The third kappa shape index (κ3) is 2.53. The molecule has 0 amide bonds. The molecule has 0 aliphatic carbocycles. The molecule has 0 aliphatic rings. The van der Waals surface area contributed by atoms with E-state index in [2.05, 4.69) is 5.10 Å². The third-order valence-electron chi connectivity index (χ3n) is 2.74. The Hall–Kier alpha value is -1.68. The normalized spacial score (nSPS) is 14.6. The molecule has 1 aromatic heterocycles. The molecule has 0 radical (unpaired) electrons. The lowest BCUT2D eigenvalue weighted by molar-refractivity contribution is 0.451. The van der Waals surface area contributed by atoms with E-state index in [-0.39, 0.29) is 17.9 Å². The van der Waals surface area contributed by atoms with Crippen LogP contribution in [0, 0.1) is 12.7 Å². The number of aryl methyl sites for hydroxylation is 1. The predicted molar refractivity (Wildman–Crippen MR) is 65.2 cm³/mol. The summed E-state index contributed by atoms with van der Waals surface area (Å²) in [7, 11) is 0. The predicted octanol–water partition coefficient (Wildman–Crippen LogP) is 2.27. The first-order valence-electron chi connectivity index (χ1n) is 5.61. The first-order chi connectivity index (χ1) is 8.08. The average molecular weight is 233 g/mol. The number of nitrogens with two attached hydrogens (primary N) is 1. The van der Waals surface area contributed by atoms with Crippen molar-refractivity contribution in [1.82, 2.24) is 9.78 Å². The molecule has 0 saturated carbocycles. The Labute approximate surface area is 100 Å². The summed E-state index contributed by atoms with van der Waals surface area (Å²) < 4.78 is 14.7. The van der Waals surface area contributed by atoms with E-state index >= 15 is 0 Å². The van der Waals surface area contributed by atoms with Crippen LogP contribution < -0.4 is 5.73 Å². The van der Waals surface area contributed by atoms with Crippen LogP contribution in [0.5, 0.6) is 0 Å². The molecule has 2 aromatic rings. The highest BCUT2D eigenvalue weighted by Gasteiger charge is 2.18. The van der Waals surface area contributed by atoms with Crippen LogP contribution in [-0.2, 0) is 0 Å². The Balaban J connectivity index is 2.39. The minimum Gasteiger partial charge on any atom is -0.326 e. The molecule has 1 heterocycles. The van der Waals surface area contributed by atoms with Gasteiger partial charge in [0.1, 0.15) is 5.82 Å². The second-order valence-corrected chi connectivity index (χ2v) is 4.29. The third-order valence-corrected chi connectivity index (χ3v) is 2.74. The van der Waals surface area contributed by atoms with Crippen LogP contribution in [0.2, 0.25) is 0 Å². The smallest absolute Gasteiger partial charge is 0.123 e. The quantitative estimate of drug-likeness (QED) is 0.883. The molecule has 3 nitrogen and oxygen atoms in total. The lowest BCUT2D eigenvalue weighted by Crippen LogP contribution is -2.30. The van der Waals surface area contributed by atoms with Crippen molar-refractivity contribution in [3.8, 4) is 0 Å². The zero-order chi connectivity index (χ0) is 12.4. The van der Waals surface area contributed by atoms with Crippen molar-refractivity contribution in [3.05, 3.63) is 53.6 Å². The molecule has 2 unspecified atom stereocenters. The molecular weight excluding hydrogens is 217 g/mol. The van der Waals surface area contributed by atoms with Gasteiger partial charge in [-0.3, -0.25) is 4.68 Å². The van der Waals surface area contributed by atoms with E-state index in [9.17, 15) is 4.39 Å². The van der Waals surface area contributed by atoms with Gasteiger partial charge in [0.15, 0.2) is 0 Å². The first-order valence-corrected chi connectivity index (χ1v) is 5.61. The lowest BCUT2D eigenvalue weighted by Gasteiger charge is -2.21. The van der Waals surface area contributed by atoms with Crippen molar-refractivity contribution in [2.45, 2.75) is 25.9 Å². The molecular formula is C13H16FN3. The number of halogens is 1. The number of hydrogen-bond donors (Lipinski definition) is 1. The fourth-order valence-electron chi connectivity index (χ4n) is 1.95. The van der Waals surface area contributed by atoms with E-state index < -0.39 is 0 Å². The molecule has 2 rings (SSSR count). The van der Waals surface area contributed by atoms with Crippen molar-refractivity contribution in [2.75, 3.05) is 0 Å². The average Bonchev–Trinajstić information content (AvgIpc) is 2.68. The van der Waals surface area contributed by atoms with Gasteiger partial charge in [-0.25, -0.2) is 4.39 Å². The Morgan fingerprint density at radius 3 is 2.35 bits per heavy atom. The number of benzene rings is 1. The van der Waals surface area contributed by atoms with Gasteiger partial charge in [-0.05, 0) is 37.6 Å². The highest BCUT2D eigenvalue weighted by atomic mass is 19.1. The molecule has 0 spiro atoms. The zero-order valence-electron chi connectivity index (χ0n) is 9.97. The van der Waals surface area contributed by atoms with Gasteiger partial charge < -0.3 is 5.73 Å². The van der Waals surface area contributed by atoms with Crippen LogP contribution in [0.15, 0.2) is 36.5 Å². The summed E-state index contributed by atoms with van der Waals surface area (Å²) in [6.45, 7) is 3.85. The van der Waals surface area contributed by atoms with Crippen molar-refractivity contribution in [1.29, 1.82) is 0 Å². The zero-order valence-corrected chi connectivity index (χ0v) is 9.97. The molecule has 0 aliphatic heterocycles. The summed E-state index contributed by atoms with van der Waals surface area (Å²) >= 11 is 0. The summed E-state index contributed by atoms with van der Waals surface area (Å²) in [5.74, 6) is -0.242. The standard InChI is InChI=1S/C13H16FN3/c1-9-7-8-17(16-9)13(10(2)15)11-3-5-12(14)6-4-11/h3-8,10,13H,15H2,1-2H3. The highest BCUT2D eigenvalue weighted by Crippen LogP contribution is 2.21. The van der Waals surface area contributed by atoms with Crippen molar-refractivity contribution >= 4 is 0 Å².